The van der Waals surface area contributed by atoms with Crippen LogP contribution < -0.4 is 5.32 Å². The lowest BCUT2D eigenvalue weighted by molar-refractivity contribution is -0.119. The van der Waals surface area contributed by atoms with Gasteiger partial charge in [0, 0.05) is 23.6 Å². The normalized spacial score (nSPS) is 12.0. The monoisotopic (exact) mass is 299 g/mol. The molecule has 0 heterocycles. The molecule has 20 heavy (non-hydrogen) atoms. The minimum Gasteiger partial charge on any atom is -0.383 e. The number of rotatable bonds is 7. The third-order valence-electron chi connectivity index (χ3n) is 2.52. The van der Waals surface area contributed by atoms with E-state index in [2.05, 4.69) is 5.32 Å². The maximum Gasteiger partial charge on any atom is 0.230 e. The first-order chi connectivity index (χ1) is 9.43. The third kappa shape index (κ3) is 5.30. The number of amides is 1. The van der Waals surface area contributed by atoms with Crippen LogP contribution in [0.3, 0.4) is 0 Å². The highest BCUT2D eigenvalue weighted by Crippen LogP contribution is 2.22. The van der Waals surface area contributed by atoms with Crippen molar-refractivity contribution in [1.82, 2.24) is 5.32 Å². The van der Waals surface area contributed by atoms with Gasteiger partial charge in [0.1, 0.15) is 5.82 Å². The molecule has 6 heteroatoms. The minimum absolute atomic E-state index is 0.0852. The Bertz CT molecular complexity index is 493. The number of carbonyl (C=O) groups is 2. The molecule has 0 saturated heterocycles. The number of Topliss-reactive ketones (excluding diaryl/α,β-unsaturated/α-hetero) is 1. The Balaban J connectivity index is 2.53. The Hall–Kier alpha value is -1.40. The van der Waals surface area contributed by atoms with Crippen LogP contribution in [0.4, 0.5) is 4.39 Å². The van der Waals surface area contributed by atoms with E-state index in [1.165, 1.54) is 19.1 Å². The fraction of sp³-hybridized carbons (Fsp3) is 0.429. The van der Waals surface area contributed by atoms with Gasteiger partial charge in [0.15, 0.2) is 5.78 Å². The lowest BCUT2D eigenvalue weighted by Gasteiger charge is -2.12. The molecule has 0 unspecified atom stereocenters. The van der Waals surface area contributed by atoms with Crippen LogP contribution in [0.5, 0.6) is 0 Å². The highest BCUT2D eigenvalue weighted by Gasteiger charge is 2.11. The van der Waals surface area contributed by atoms with Gasteiger partial charge in [-0.15, -0.1) is 11.8 Å². The number of benzene rings is 1. The average molecular weight is 299 g/mol. The Morgan fingerprint density at radius 2 is 2.15 bits per heavy atom. The SMILES string of the molecule is COC[C@H](C)NC(=O)CSc1ccc(C(C)=O)cc1F. The van der Waals surface area contributed by atoms with Gasteiger partial charge in [0.25, 0.3) is 0 Å². The average Bonchev–Trinajstić information content (AvgIpc) is 2.37. The second-order valence-corrected chi connectivity index (χ2v) is 5.43. The first kappa shape index (κ1) is 16.7. The van der Waals surface area contributed by atoms with Crippen LogP contribution in [-0.4, -0.2) is 37.2 Å². The van der Waals surface area contributed by atoms with Crippen molar-refractivity contribution in [3.8, 4) is 0 Å². The lowest BCUT2D eigenvalue weighted by Crippen LogP contribution is -2.36. The summed E-state index contributed by atoms with van der Waals surface area (Å²) in [7, 11) is 1.56. The molecule has 0 aliphatic carbocycles. The van der Waals surface area contributed by atoms with E-state index >= 15 is 0 Å². The summed E-state index contributed by atoms with van der Waals surface area (Å²) in [6, 6.07) is 4.18. The Morgan fingerprint density at radius 3 is 2.70 bits per heavy atom. The van der Waals surface area contributed by atoms with Crippen molar-refractivity contribution in [2.24, 2.45) is 0 Å². The molecule has 1 aromatic carbocycles. The number of halogens is 1. The smallest absolute Gasteiger partial charge is 0.230 e. The molecule has 1 rings (SSSR count). The van der Waals surface area contributed by atoms with Crippen molar-refractivity contribution in [2.45, 2.75) is 24.8 Å². The van der Waals surface area contributed by atoms with Gasteiger partial charge in [-0.05, 0) is 26.0 Å². The molecule has 0 aliphatic heterocycles. The van der Waals surface area contributed by atoms with Crippen molar-refractivity contribution in [3.05, 3.63) is 29.6 Å². The Labute approximate surface area is 122 Å². The van der Waals surface area contributed by atoms with E-state index in [-0.39, 0.29) is 23.5 Å². The van der Waals surface area contributed by atoms with E-state index in [0.717, 1.165) is 11.8 Å². The summed E-state index contributed by atoms with van der Waals surface area (Å²) in [6.07, 6.45) is 0. The Morgan fingerprint density at radius 1 is 1.45 bits per heavy atom. The summed E-state index contributed by atoms with van der Waals surface area (Å²) >= 11 is 1.10. The van der Waals surface area contributed by atoms with Gasteiger partial charge in [-0.25, -0.2) is 4.39 Å². The van der Waals surface area contributed by atoms with E-state index in [9.17, 15) is 14.0 Å². The molecule has 4 nitrogen and oxygen atoms in total. The van der Waals surface area contributed by atoms with Crippen molar-refractivity contribution in [1.29, 1.82) is 0 Å². The van der Waals surface area contributed by atoms with Crippen molar-refractivity contribution >= 4 is 23.5 Å². The fourth-order valence-electron chi connectivity index (χ4n) is 1.59. The predicted molar refractivity (Wildman–Crippen MR) is 76.6 cm³/mol. The van der Waals surface area contributed by atoms with Crippen LogP contribution in [0.25, 0.3) is 0 Å². The molecule has 1 atom stereocenters. The maximum atomic E-state index is 13.7. The third-order valence-corrected chi connectivity index (χ3v) is 3.57. The van der Waals surface area contributed by atoms with Crippen LogP contribution >= 0.6 is 11.8 Å². The Kier molecular flexibility index (Phi) is 6.67. The summed E-state index contributed by atoms with van der Waals surface area (Å²) in [5.41, 5.74) is 0.324. The summed E-state index contributed by atoms with van der Waals surface area (Å²) in [5, 5.41) is 2.74. The minimum atomic E-state index is -0.486. The second kappa shape index (κ2) is 8.01. The van der Waals surface area contributed by atoms with Gasteiger partial charge in [0.2, 0.25) is 5.91 Å². The number of hydrogen-bond acceptors (Lipinski definition) is 4. The number of thioether (sulfide) groups is 1. The molecule has 0 radical (unpaired) electrons. The molecule has 1 amide bonds. The lowest BCUT2D eigenvalue weighted by atomic mass is 10.1. The quantitative estimate of drug-likeness (QED) is 0.620. The second-order valence-electron chi connectivity index (χ2n) is 4.41. The van der Waals surface area contributed by atoms with Crippen molar-refractivity contribution in [3.63, 3.8) is 0 Å². The number of ketones is 1. The van der Waals surface area contributed by atoms with Crippen LogP contribution in [0.15, 0.2) is 23.1 Å². The first-order valence-corrected chi connectivity index (χ1v) is 7.14. The van der Waals surface area contributed by atoms with E-state index in [1.807, 2.05) is 6.92 Å². The van der Waals surface area contributed by atoms with E-state index in [0.29, 0.717) is 17.1 Å². The molecule has 0 aromatic heterocycles. The van der Waals surface area contributed by atoms with E-state index in [4.69, 9.17) is 4.74 Å². The van der Waals surface area contributed by atoms with Gasteiger partial charge in [-0.2, -0.15) is 0 Å². The fourth-order valence-corrected chi connectivity index (χ4v) is 2.32. The summed E-state index contributed by atoms with van der Waals surface area (Å²) in [4.78, 5) is 23.1. The number of carbonyl (C=O) groups excluding carboxylic acids is 2. The number of methoxy groups -OCH3 is 1. The molecule has 0 saturated carbocycles. The maximum absolute atomic E-state index is 13.7. The highest BCUT2D eigenvalue weighted by molar-refractivity contribution is 8.00. The predicted octanol–water partition coefficient (Wildman–Crippen LogP) is 2.27. The zero-order chi connectivity index (χ0) is 15.1. The number of ether oxygens (including phenoxy) is 1. The van der Waals surface area contributed by atoms with E-state index < -0.39 is 5.82 Å². The molecule has 0 aliphatic rings. The van der Waals surface area contributed by atoms with Gasteiger partial charge in [-0.1, -0.05) is 6.07 Å². The summed E-state index contributed by atoms with van der Waals surface area (Å²) < 4.78 is 18.6. The molecule has 0 spiro atoms. The molecular weight excluding hydrogens is 281 g/mol. The van der Waals surface area contributed by atoms with E-state index in [1.54, 1.807) is 13.2 Å². The first-order valence-electron chi connectivity index (χ1n) is 6.15. The highest BCUT2D eigenvalue weighted by atomic mass is 32.2. The van der Waals surface area contributed by atoms with Crippen LogP contribution in [-0.2, 0) is 9.53 Å². The van der Waals surface area contributed by atoms with Crippen molar-refractivity contribution in [2.75, 3.05) is 19.5 Å². The molecule has 0 fully saturated rings. The molecular formula is C14H18FNO3S. The van der Waals surface area contributed by atoms with Gasteiger partial charge in [0.05, 0.1) is 12.4 Å². The van der Waals surface area contributed by atoms with Crippen LogP contribution in [0.2, 0.25) is 0 Å². The van der Waals surface area contributed by atoms with Crippen LogP contribution in [0.1, 0.15) is 24.2 Å². The van der Waals surface area contributed by atoms with Gasteiger partial charge < -0.3 is 10.1 Å². The van der Waals surface area contributed by atoms with Crippen molar-refractivity contribution < 1.29 is 18.7 Å². The number of nitrogens with one attached hydrogen (secondary N) is 1. The van der Waals surface area contributed by atoms with Crippen LogP contribution in [0, 0.1) is 5.82 Å². The molecule has 1 N–H and O–H groups in total. The molecule has 1 aromatic rings. The van der Waals surface area contributed by atoms with Gasteiger partial charge >= 0.3 is 0 Å². The number of hydrogen-bond donors (Lipinski definition) is 1. The summed E-state index contributed by atoms with van der Waals surface area (Å²) in [5.74, 6) is -0.744. The standard InChI is InChI=1S/C14H18FNO3S/c1-9(7-19-3)16-14(18)8-20-13-5-4-11(10(2)17)6-12(13)15/h4-6,9H,7-8H2,1-3H3,(H,16,18)/t9-/m0/s1. The zero-order valence-electron chi connectivity index (χ0n) is 11.7. The molecule has 110 valence electrons. The topological polar surface area (TPSA) is 55.4 Å². The van der Waals surface area contributed by atoms with Gasteiger partial charge in [-0.3, -0.25) is 9.59 Å². The zero-order valence-corrected chi connectivity index (χ0v) is 12.6. The largest absolute Gasteiger partial charge is 0.383 e. The summed E-state index contributed by atoms with van der Waals surface area (Å²) in [6.45, 7) is 3.64. The molecule has 0 bridgehead atoms.